The first-order valence-corrected chi connectivity index (χ1v) is 18.3. The van der Waals surface area contributed by atoms with Gasteiger partial charge in [-0.3, -0.25) is 0 Å². The molecule has 3 nitrogen and oxygen atoms in total. The van der Waals surface area contributed by atoms with Crippen molar-refractivity contribution in [3.05, 3.63) is 176 Å². The lowest BCUT2D eigenvalue weighted by Crippen LogP contribution is -2.10. The molecule has 0 spiro atoms. The number of hydrogen-bond acceptors (Lipinski definition) is 4. The Hall–Kier alpha value is -6.62. The molecule has 0 aliphatic heterocycles. The molecule has 0 saturated carbocycles. The van der Waals surface area contributed by atoms with Gasteiger partial charge >= 0.3 is 0 Å². The van der Waals surface area contributed by atoms with Gasteiger partial charge in [-0.15, -0.1) is 11.3 Å². The van der Waals surface area contributed by atoms with Crippen LogP contribution in [-0.4, -0.2) is 0 Å². The van der Waals surface area contributed by atoms with Crippen LogP contribution >= 0.6 is 11.3 Å². The van der Waals surface area contributed by atoms with E-state index in [2.05, 4.69) is 157 Å². The van der Waals surface area contributed by atoms with E-state index in [0.717, 1.165) is 72.1 Å². The van der Waals surface area contributed by atoms with Crippen LogP contribution in [0.1, 0.15) is 0 Å². The van der Waals surface area contributed by atoms with E-state index in [9.17, 15) is 0 Å². The van der Waals surface area contributed by atoms with Crippen LogP contribution in [0.2, 0.25) is 0 Å². The molecular formula is C48H29NO2S. The molecule has 0 amide bonds. The summed E-state index contributed by atoms with van der Waals surface area (Å²) in [7, 11) is 0. The van der Waals surface area contributed by atoms with Gasteiger partial charge in [0, 0.05) is 58.7 Å². The van der Waals surface area contributed by atoms with E-state index in [1.54, 1.807) is 0 Å². The van der Waals surface area contributed by atoms with E-state index in [1.165, 1.54) is 31.3 Å². The topological polar surface area (TPSA) is 29.5 Å². The lowest BCUT2D eigenvalue weighted by Gasteiger charge is -2.26. The summed E-state index contributed by atoms with van der Waals surface area (Å²) >= 11 is 1.85. The average molecular weight is 684 g/mol. The Morgan fingerprint density at radius 2 is 0.981 bits per heavy atom. The molecule has 8 aromatic carbocycles. The number of thiophene rings is 1. The van der Waals surface area contributed by atoms with Gasteiger partial charge in [0.1, 0.15) is 16.7 Å². The summed E-state index contributed by atoms with van der Waals surface area (Å²) < 4.78 is 15.7. The lowest BCUT2D eigenvalue weighted by molar-refractivity contribution is 0.669. The predicted molar refractivity (Wildman–Crippen MR) is 219 cm³/mol. The van der Waals surface area contributed by atoms with Crippen LogP contribution < -0.4 is 4.90 Å². The summed E-state index contributed by atoms with van der Waals surface area (Å²) in [5.74, 6) is 0. The van der Waals surface area contributed by atoms with Crippen molar-refractivity contribution < 1.29 is 8.83 Å². The molecule has 0 saturated heterocycles. The van der Waals surface area contributed by atoms with Crippen LogP contribution in [0.25, 0.3) is 86.3 Å². The van der Waals surface area contributed by atoms with Gasteiger partial charge in [0.2, 0.25) is 0 Å². The maximum atomic E-state index is 6.62. The highest BCUT2D eigenvalue weighted by Gasteiger charge is 2.21. The zero-order valence-electron chi connectivity index (χ0n) is 27.9. The number of hydrogen-bond donors (Lipinski definition) is 0. The minimum atomic E-state index is 0.854. The third-order valence-electron chi connectivity index (χ3n) is 10.3. The Morgan fingerprint density at radius 1 is 0.365 bits per heavy atom. The molecule has 4 heteroatoms. The molecule has 11 aromatic rings. The molecule has 0 aliphatic carbocycles. The first kappa shape index (κ1) is 29.1. The largest absolute Gasteiger partial charge is 0.455 e. The Balaban J connectivity index is 1.07. The Morgan fingerprint density at radius 3 is 1.79 bits per heavy atom. The smallest absolute Gasteiger partial charge is 0.159 e. The van der Waals surface area contributed by atoms with Crippen LogP contribution in [0, 0.1) is 0 Å². The maximum absolute atomic E-state index is 6.62. The van der Waals surface area contributed by atoms with Gasteiger partial charge in [-0.1, -0.05) is 121 Å². The molecule has 0 aliphatic rings. The van der Waals surface area contributed by atoms with Crippen LogP contribution in [0.5, 0.6) is 0 Å². The van der Waals surface area contributed by atoms with Gasteiger partial charge in [0.25, 0.3) is 0 Å². The van der Waals surface area contributed by atoms with E-state index >= 15 is 0 Å². The van der Waals surface area contributed by atoms with Crippen molar-refractivity contribution in [1.82, 2.24) is 0 Å². The van der Waals surface area contributed by atoms with E-state index in [4.69, 9.17) is 8.83 Å². The summed E-state index contributed by atoms with van der Waals surface area (Å²) in [6.07, 6.45) is 0. The first-order chi connectivity index (χ1) is 25.8. The summed E-state index contributed by atoms with van der Waals surface area (Å²) in [4.78, 5) is 2.31. The second kappa shape index (κ2) is 11.5. The van der Waals surface area contributed by atoms with Crippen molar-refractivity contribution in [2.75, 3.05) is 4.90 Å². The van der Waals surface area contributed by atoms with Crippen molar-refractivity contribution in [3.8, 4) is 22.3 Å². The molecule has 3 aromatic heterocycles. The van der Waals surface area contributed by atoms with Gasteiger partial charge in [0.15, 0.2) is 5.58 Å². The van der Waals surface area contributed by atoms with Crippen molar-refractivity contribution in [1.29, 1.82) is 0 Å². The Kier molecular flexibility index (Phi) is 6.42. The third-order valence-corrected chi connectivity index (χ3v) is 11.4. The molecule has 0 unspecified atom stereocenters. The first-order valence-electron chi connectivity index (χ1n) is 17.5. The molecule has 0 N–H and O–H groups in total. The summed E-state index contributed by atoms with van der Waals surface area (Å²) in [6, 6.07) is 62.5. The number of nitrogens with zero attached hydrogens (tertiary/aromatic N) is 1. The number of furan rings is 2. The molecule has 0 fully saturated rings. The van der Waals surface area contributed by atoms with Gasteiger partial charge in [-0.05, 0) is 71.3 Å². The third kappa shape index (κ3) is 4.51. The van der Waals surface area contributed by atoms with Crippen LogP contribution in [0.4, 0.5) is 17.1 Å². The van der Waals surface area contributed by atoms with Gasteiger partial charge in [-0.25, -0.2) is 0 Å². The van der Waals surface area contributed by atoms with Crippen LogP contribution in [0.3, 0.4) is 0 Å². The minimum absolute atomic E-state index is 0.854. The quantitative estimate of drug-likeness (QED) is 0.181. The van der Waals surface area contributed by atoms with E-state index in [1.807, 2.05) is 35.6 Å². The van der Waals surface area contributed by atoms with E-state index in [-0.39, 0.29) is 0 Å². The summed E-state index contributed by atoms with van der Waals surface area (Å²) in [6.45, 7) is 0. The number of fused-ring (bicyclic) bond motifs is 9. The zero-order valence-corrected chi connectivity index (χ0v) is 28.7. The molecule has 0 bridgehead atoms. The number of benzene rings is 8. The Bertz CT molecular complexity index is 3150. The van der Waals surface area contributed by atoms with Crippen molar-refractivity contribution in [2.24, 2.45) is 0 Å². The predicted octanol–water partition coefficient (Wildman–Crippen LogP) is 14.7. The highest BCUT2D eigenvalue weighted by molar-refractivity contribution is 7.25. The normalized spacial score (nSPS) is 11.8. The van der Waals surface area contributed by atoms with Gasteiger partial charge < -0.3 is 13.7 Å². The highest BCUT2D eigenvalue weighted by atomic mass is 32.1. The molecule has 52 heavy (non-hydrogen) atoms. The Labute approximate surface area is 303 Å². The zero-order chi connectivity index (χ0) is 34.2. The van der Waals surface area contributed by atoms with Crippen molar-refractivity contribution >= 4 is 92.4 Å². The van der Waals surface area contributed by atoms with Crippen LogP contribution in [0.15, 0.2) is 185 Å². The minimum Gasteiger partial charge on any atom is -0.455 e. The molecule has 244 valence electrons. The van der Waals surface area contributed by atoms with E-state index < -0.39 is 0 Å². The molecule has 11 rings (SSSR count). The molecule has 0 atom stereocenters. The lowest BCUT2D eigenvalue weighted by atomic mass is 10.0. The summed E-state index contributed by atoms with van der Waals surface area (Å²) in [5.41, 5.74) is 11.1. The van der Waals surface area contributed by atoms with Crippen LogP contribution in [-0.2, 0) is 0 Å². The number of para-hydroxylation sites is 4. The highest BCUT2D eigenvalue weighted by Crippen LogP contribution is 2.44. The van der Waals surface area contributed by atoms with Crippen molar-refractivity contribution in [3.63, 3.8) is 0 Å². The SMILES string of the molecule is c1cc(-c2cccc3c2oc2ccccc23)cc(N(c2ccc(-c3ccc4c(c3)sc3ccccc34)cc2)c2cccc3c2oc2ccccc23)c1. The molecule has 3 heterocycles. The number of anilines is 3. The monoisotopic (exact) mass is 683 g/mol. The van der Waals surface area contributed by atoms with Crippen molar-refractivity contribution in [2.45, 2.75) is 0 Å². The second-order valence-corrected chi connectivity index (χ2v) is 14.4. The van der Waals surface area contributed by atoms with Gasteiger partial charge in [0.05, 0.1) is 5.69 Å². The molecular weight excluding hydrogens is 655 g/mol. The molecule has 0 radical (unpaired) electrons. The fraction of sp³-hybridized carbons (Fsp3) is 0. The number of rotatable bonds is 5. The second-order valence-electron chi connectivity index (χ2n) is 13.3. The standard InChI is InChI=1S/C48H29NO2S/c1-4-19-43-36(12-1)40-16-8-15-35(47(40)50-43)32-10-7-11-34(28-32)49(42-18-9-17-41-37-13-2-5-20-44(37)51-48(41)42)33-25-22-30(23-26-33)31-24-27-39-38-14-3-6-21-45(38)52-46(39)29-31/h1-29H. The van der Waals surface area contributed by atoms with E-state index in [0.29, 0.717) is 0 Å². The summed E-state index contributed by atoms with van der Waals surface area (Å²) in [5, 5.41) is 7.07. The van der Waals surface area contributed by atoms with Gasteiger partial charge in [-0.2, -0.15) is 0 Å². The fourth-order valence-corrected chi connectivity index (χ4v) is 8.98. The average Bonchev–Trinajstić information content (AvgIpc) is 3.90. The maximum Gasteiger partial charge on any atom is 0.159 e. The fourth-order valence-electron chi connectivity index (χ4n) is 7.83.